The molecule has 29 heavy (non-hydrogen) atoms. The van der Waals surface area contributed by atoms with Gasteiger partial charge in [-0.3, -0.25) is 4.79 Å². The van der Waals surface area contributed by atoms with E-state index in [2.05, 4.69) is 16.1 Å². The van der Waals surface area contributed by atoms with Gasteiger partial charge in [0.25, 0.3) is 5.91 Å². The molecule has 1 aliphatic heterocycles. The molecule has 0 radical (unpaired) electrons. The molecule has 2 N–H and O–H groups in total. The Labute approximate surface area is 173 Å². The molecule has 4 rings (SSSR count). The fourth-order valence-electron chi connectivity index (χ4n) is 3.20. The van der Waals surface area contributed by atoms with Crippen molar-refractivity contribution < 1.29 is 17.6 Å². The Hall–Kier alpha value is -2.55. The highest BCUT2D eigenvalue weighted by molar-refractivity contribution is 7.99. The molecule has 8 heteroatoms. The van der Waals surface area contributed by atoms with E-state index < -0.39 is 10.0 Å². The highest BCUT2D eigenvalue weighted by atomic mass is 32.2. The van der Waals surface area contributed by atoms with Gasteiger partial charge in [0, 0.05) is 16.2 Å². The topological polar surface area (TPSA) is 88.4 Å². The maximum absolute atomic E-state index is 12.8. The lowest BCUT2D eigenvalue weighted by atomic mass is 10.0. The number of nitrogens with one attached hydrogen (secondary N) is 2. The predicted octanol–water partition coefficient (Wildman–Crippen LogP) is 3.73. The first-order valence-corrected chi connectivity index (χ1v) is 11.6. The van der Waals surface area contributed by atoms with Gasteiger partial charge in [0.1, 0.15) is 5.76 Å². The molecule has 0 spiro atoms. The molecule has 3 aromatic rings. The molecule has 1 atom stereocenters. The average Bonchev–Trinajstić information content (AvgIpc) is 3.26. The van der Waals surface area contributed by atoms with Crippen LogP contribution in [0.3, 0.4) is 0 Å². The molecule has 0 saturated heterocycles. The van der Waals surface area contributed by atoms with Crippen LogP contribution >= 0.6 is 11.8 Å². The van der Waals surface area contributed by atoms with Gasteiger partial charge >= 0.3 is 0 Å². The molecule has 1 aliphatic rings. The standard InChI is InChI=1S/C21H20N2O4S2/c24-21(23-19-10-12-28-20-9-2-1-8-18(19)20)15-5-3-7-17(13-15)29(25,26)22-14-16-6-4-11-27-16/h1-9,11,13,19,22H,10,12,14H2,(H,23,24). The average molecular weight is 429 g/mol. The summed E-state index contributed by atoms with van der Waals surface area (Å²) >= 11 is 1.78. The van der Waals surface area contributed by atoms with Crippen molar-refractivity contribution in [2.24, 2.45) is 0 Å². The minimum Gasteiger partial charge on any atom is -0.468 e. The summed E-state index contributed by atoms with van der Waals surface area (Å²) in [6, 6.07) is 17.4. The summed E-state index contributed by atoms with van der Waals surface area (Å²) in [7, 11) is -3.77. The van der Waals surface area contributed by atoms with E-state index in [0.717, 1.165) is 17.7 Å². The molecule has 6 nitrogen and oxygen atoms in total. The number of fused-ring (bicyclic) bond motifs is 1. The number of hydrogen-bond acceptors (Lipinski definition) is 5. The molecular formula is C21H20N2O4S2. The molecule has 0 saturated carbocycles. The molecular weight excluding hydrogens is 408 g/mol. The number of benzene rings is 2. The highest BCUT2D eigenvalue weighted by Gasteiger charge is 2.23. The Bertz CT molecular complexity index is 1110. The summed E-state index contributed by atoms with van der Waals surface area (Å²) in [6.07, 6.45) is 2.31. The number of thioether (sulfide) groups is 1. The molecule has 0 bridgehead atoms. The van der Waals surface area contributed by atoms with Gasteiger partial charge in [-0.1, -0.05) is 24.3 Å². The summed E-state index contributed by atoms with van der Waals surface area (Å²) in [5.41, 5.74) is 1.41. The van der Waals surface area contributed by atoms with E-state index in [1.807, 2.05) is 18.2 Å². The first kappa shape index (κ1) is 19.8. The Balaban J connectivity index is 1.49. The lowest BCUT2D eigenvalue weighted by Crippen LogP contribution is -2.31. The monoisotopic (exact) mass is 428 g/mol. The molecule has 1 aromatic heterocycles. The van der Waals surface area contributed by atoms with Crippen LogP contribution in [0.1, 0.15) is 34.1 Å². The van der Waals surface area contributed by atoms with E-state index in [1.165, 1.54) is 23.3 Å². The number of rotatable bonds is 6. The third-order valence-corrected chi connectivity index (χ3v) is 7.21. The number of furan rings is 1. The zero-order valence-corrected chi connectivity index (χ0v) is 17.1. The maximum Gasteiger partial charge on any atom is 0.251 e. The third kappa shape index (κ3) is 4.55. The molecule has 0 fully saturated rings. The van der Waals surface area contributed by atoms with E-state index in [-0.39, 0.29) is 23.4 Å². The smallest absolute Gasteiger partial charge is 0.251 e. The summed E-state index contributed by atoms with van der Waals surface area (Å²) < 4.78 is 32.8. The zero-order chi connectivity index (χ0) is 20.3. The lowest BCUT2D eigenvalue weighted by Gasteiger charge is -2.26. The second-order valence-corrected chi connectivity index (χ2v) is 9.54. The minimum atomic E-state index is -3.77. The van der Waals surface area contributed by atoms with Crippen molar-refractivity contribution in [3.63, 3.8) is 0 Å². The van der Waals surface area contributed by atoms with Crippen LogP contribution in [-0.4, -0.2) is 20.1 Å². The molecule has 0 aliphatic carbocycles. The zero-order valence-electron chi connectivity index (χ0n) is 15.5. The number of amides is 1. The Morgan fingerprint density at radius 3 is 2.79 bits per heavy atom. The predicted molar refractivity (Wildman–Crippen MR) is 111 cm³/mol. The summed E-state index contributed by atoms with van der Waals surface area (Å²) in [6.45, 7) is 0.0439. The van der Waals surface area contributed by atoms with Crippen LogP contribution < -0.4 is 10.0 Å². The number of carbonyl (C=O) groups is 1. The van der Waals surface area contributed by atoms with Gasteiger partial charge in [-0.25, -0.2) is 13.1 Å². The first-order chi connectivity index (χ1) is 14.0. The summed E-state index contributed by atoms with van der Waals surface area (Å²) in [5.74, 6) is 1.14. The van der Waals surface area contributed by atoms with E-state index in [4.69, 9.17) is 4.42 Å². The quantitative estimate of drug-likeness (QED) is 0.625. The van der Waals surface area contributed by atoms with E-state index >= 15 is 0 Å². The van der Waals surface area contributed by atoms with Gasteiger partial charge in [0.2, 0.25) is 10.0 Å². The van der Waals surface area contributed by atoms with E-state index in [0.29, 0.717) is 11.3 Å². The number of hydrogen-bond donors (Lipinski definition) is 2. The second-order valence-electron chi connectivity index (χ2n) is 6.63. The largest absolute Gasteiger partial charge is 0.468 e. The summed E-state index contributed by atoms with van der Waals surface area (Å²) in [5, 5.41) is 3.04. The molecule has 150 valence electrons. The number of carbonyl (C=O) groups excluding carboxylic acids is 1. The minimum absolute atomic E-state index is 0.0382. The number of sulfonamides is 1. The third-order valence-electron chi connectivity index (χ3n) is 4.69. The Morgan fingerprint density at radius 1 is 1.10 bits per heavy atom. The van der Waals surface area contributed by atoms with Crippen LogP contribution in [0.2, 0.25) is 0 Å². The maximum atomic E-state index is 12.8. The van der Waals surface area contributed by atoms with Crippen molar-refractivity contribution in [1.29, 1.82) is 0 Å². The van der Waals surface area contributed by atoms with Gasteiger partial charge in [0.15, 0.2) is 0 Å². The Morgan fingerprint density at radius 2 is 1.97 bits per heavy atom. The first-order valence-electron chi connectivity index (χ1n) is 9.18. The van der Waals surface area contributed by atoms with Crippen LogP contribution in [0.25, 0.3) is 0 Å². The van der Waals surface area contributed by atoms with Gasteiger partial charge < -0.3 is 9.73 Å². The van der Waals surface area contributed by atoms with Gasteiger partial charge in [-0.2, -0.15) is 0 Å². The normalized spacial score (nSPS) is 16.2. The SMILES string of the molecule is O=C(NC1CCSc2ccccc21)c1cccc(S(=O)(=O)NCc2ccco2)c1. The van der Waals surface area contributed by atoms with Crippen LogP contribution in [-0.2, 0) is 16.6 Å². The summed E-state index contributed by atoms with van der Waals surface area (Å²) in [4.78, 5) is 14.0. The van der Waals surface area contributed by atoms with Crippen molar-refractivity contribution in [2.75, 3.05) is 5.75 Å². The molecule has 1 unspecified atom stereocenters. The molecule has 2 heterocycles. The highest BCUT2D eigenvalue weighted by Crippen LogP contribution is 2.35. The van der Waals surface area contributed by atoms with Crippen molar-refractivity contribution in [2.45, 2.75) is 28.8 Å². The van der Waals surface area contributed by atoms with Crippen LogP contribution in [0.5, 0.6) is 0 Å². The van der Waals surface area contributed by atoms with E-state index in [9.17, 15) is 13.2 Å². The van der Waals surface area contributed by atoms with Crippen molar-refractivity contribution in [1.82, 2.24) is 10.0 Å². The lowest BCUT2D eigenvalue weighted by molar-refractivity contribution is 0.0934. The van der Waals surface area contributed by atoms with Gasteiger partial charge in [-0.15, -0.1) is 11.8 Å². The fourth-order valence-corrected chi connectivity index (χ4v) is 5.36. The van der Waals surface area contributed by atoms with Crippen molar-refractivity contribution in [3.8, 4) is 0 Å². The van der Waals surface area contributed by atoms with Crippen molar-refractivity contribution in [3.05, 3.63) is 83.8 Å². The Kier molecular flexibility index (Phi) is 5.75. The van der Waals surface area contributed by atoms with Gasteiger partial charge in [-0.05, 0) is 48.4 Å². The van der Waals surface area contributed by atoms with Crippen molar-refractivity contribution >= 4 is 27.7 Å². The van der Waals surface area contributed by atoms with Gasteiger partial charge in [0.05, 0.1) is 23.7 Å². The molecule has 2 aromatic carbocycles. The second kappa shape index (κ2) is 8.44. The van der Waals surface area contributed by atoms with Crippen LogP contribution in [0.4, 0.5) is 0 Å². The molecule has 1 amide bonds. The fraction of sp³-hybridized carbons (Fsp3) is 0.190. The van der Waals surface area contributed by atoms with Crippen LogP contribution in [0.15, 0.2) is 81.1 Å². The van der Waals surface area contributed by atoms with Crippen LogP contribution in [0, 0.1) is 0 Å². The van der Waals surface area contributed by atoms with E-state index in [1.54, 1.807) is 36.0 Å².